The SMILES string of the molecule is O=C(O)C1CCN(C2CCCCCCCCCCC2)C1=O. The number of likely N-dealkylation sites (tertiary alicyclic amines) is 1. The molecule has 0 radical (unpaired) electrons. The number of carboxylic acid groups (broad SMARTS) is 1. The lowest BCUT2D eigenvalue weighted by atomic mass is 9.97. The van der Waals surface area contributed by atoms with Gasteiger partial charge in [0.25, 0.3) is 0 Å². The van der Waals surface area contributed by atoms with Crippen LogP contribution in [0.25, 0.3) is 0 Å². The maximum absolute atomic E-state index is 12.3. The molecule has 1 saturated carbocycles. The van der Waals surface area contributed by atoms with Crippen LogP contribution >= 0.6 is 0 Å². The Hall–Kier alpha value is -1.06. The molecule has 1 atom stereocenters. The smallest absolute Gasteiger partial charge is 0.316 e. The highest BCUT2D eigenvalue weighted by molar-refractivity contribution is 5.98. The fourth-order valence-corrected chi connectivity index (χ4v) is 3.75. The zero-order valence-electron chi connectivity index (χ0n) is 13.1. The molecule has 1 heterocycles. The summed E-state index contributed by atoms with van der Waals surface area (Å²) in [7, 11) is 0. The molecule has 120 valence electrons. The van der Waals surface area contributed by atoms with Crippen LogP contribution in [0.4, 0.5) is 0 Å². The Kier molecular flexibility index (Phi) is 6.52. The van der Waals surface area contributed by atoms with Crippen LogP contribution in [0.5, 0.6) is 0 Å². The molecule has 0 spiro atoms. The Labute approximate surface area is 127 Å². The van der Waals surface area contributed by atoms with Crippen molar-refractivity contribution in [3.05, 3.63) is 0 Å². The summed E-state index contributed by atoms with van der Waals surface area (Å²) in [6.45, 7) is 0.639. The second kappa shape index (κ2) is 8.40. The normalized spacial score (nSPS) is 27.1. The van der Waals surface area contributed by atoms with E-state index in [2.05, 4.69) is 0 Å². The van der Waals surface area contributed by atoms with Crippen LogP contribution in [0, 0.1) is 5.92 Å². The van der Waals surface area contributed by atoms with Crippen molar-refractivity contribution in [2.24, 2.45) is 5.92 Å². The number of nitrogens with zero attached hydrogens (tertiary/aromatic N) is 1. The van der Waals surface area contributed by atoms with Crippen LogP contribution in [0.3, 0.4) is 0 Å². The summed E-state index contributed by atoms with van der Waals surface area (Å²) in [6, 6.07) is 0.279. The van der Waals surface area contributed by atoms with Gasteiger partial charge in [-0.1, -0.05) is 57.8 Å². The highest BCUT2D eigenvalue weighted by Gasteiger charge is 2.39. The van der Waals surface area contributed by atoms with Crippen LogP contribution in [0.1, 0.15) is 77.0 Å². The number of carbonyl (C=O) groups is 2. The maximum atomic E-state index is 12.3. The number of hydrogen-bond donors (Lipinski definition) is 1. The minimum atomic E-state index is -0.948. The predicted octanol–water partition coefficient (Wildman–Crippen LogP) is 3.59. The van der Waals surface area contributed by atoms with Gasteiger partial charge in [0.15, 0.2) is 0 Å². The van der Waals surface area contributed by atoms with Crippen LogP contribution < -0.4 is 0 Å². The van der Waals surface area contributed by atoms with E-state index in [4.69, 9.17) is 5.11 Å². The van der Waals surface area contributed by atoms with Gasteiger partial charge < -0.3 is 10.0 Å². The topological polar surface area (TPSA) is 57.6 Å². The molecule has 2 rings (SSSR count). The van der Waals surface area contributed by atoms with Gasteiger partial charge in [-0.05, 0) is 19.3 Å². The molecule has 2 aliphatic rings. The summed E-state index contributed by atoms with van der Waals surface area (Å²) < 4.78 is 0. The molecule has 2 fully saturated rings. The molecule has 4 heteroatoms. The Morgan fingerprint density at radius 3 is 1.76 bits per heavy atom. The first-order valence-electron chi connectivity index (χ1n) is 8.73. The summed E-state index contributed by atoms with van der Waals surface area (Å²) in [4.78, 5) is 25.2. The van der Waals surface area contributed by atoms with Gasteiger partial charge in [-0.15, -0.1) is 0 Å². The number of hydrogen-bond acceptors (Lipinski definition) is 2. The van der Waals surface area contributed by atoms with E-state index in [0.29, 0.717) is 13.0 Å². The van der Waals surface area contributed by atoms with Crippen molar-refractivity contribution in [1.29, 1.82) is 0 Å². The van der Waals surface area contributed by atoms with Crippen molar-refractivity contribution in [2.75, 3.05) is 6.54 Å². The molecular formula is C17H29NO3. The van der Waals surface area contributed by atoms with Crippen molar-refractivity contribution in [3.8, 4) is 0 Å². The highest BCUT2D eigenvalue weighted by Crippen LogP contribution is 2.27. The lowest BCUT2D eigenvalue weighted by molar-refractivity contribution is -0.148. The number of carbonyl (C=O) groups excluding carboxylic acids is 1. The van der Waals surface area contributed by atoms with Gasteiger partial charge in [-0.3, -0.25) is 9.59 Å². The van der Waals surface area contributed by atoms with E-state index < -0.39 is 11.9 Å². The van der Waals surface area contributed by atoms with E-state index in [1.165, 1.54) is 57.8 Å². The molecule has 1 saturated heterocycles. The number of carboxylic acids is 1. The van der Waals surface area contributed by atoms with E-state index in [1.54, 1.807) is 0 Å². The molecule has 1 aliphatic heterocycles. The molecule has 0 bridgehead atoms. The zero-order chi connectivity index (χ0) is 15.1. The fourth-order valence-electron chi connectivity index (χ4n) is 3.75. The van der Waals surface area contributed by atoms with Gasteiger partial charge in [0.05, 0.1) is 0 Å². The molecule has 1 N–H and O–H groups in total. The van der Waals surface area contributed by atoms with Crippen molar-refractivity contribution in [3.63, 3.8) is 0 Å². The fraction of sp³-hybridized carbons (Fsp3) is 0.882. The molecule has 1 unspecified atom stereocenters. The predicted molar refractivity (Wildman–Crippen MR) is 82.0 cm³/mol. The van der Waals surface area contributed by atoms with E-state index >= 15 is 0 Å². The number of rotatable bonds is 2. The van der Waals surface area contributed by atoms with E-state index in [9.17, 15) is 9.59 Å². The third-order valence-corrected chi connectivity index (χ3v) is 5.05. The van der Waals surface area contributed by atoms with E-state index in [-0.39, 0.29) is 11.9 Å². The van der Waals surface area contributed by atoms with Crippen molar-refractivity contribution in [2.45, 2.75) is 83.1 Å². The Balaban J connectivity index is 1.91. The first kappa shape index (κ1) is 16.3. The second-order valence-corrected chi connectivity index (χ2v) is 6.62. The summed E-state index contributed by atoms with van der Waals surface area (Å²) in [6.07, 6.45) is 14.1. The molecule has 4 nitrogen and oxygen atoms in total. The van der Waals surface area contributed by atoms with Gasteiger partial charge >= 0.3 is 5.97 Å². The Morgan fingerprint density at radius 1 is 0.857 bits per heavy atom. The van der Waals surface area contributed by atoms with E-state index in [1.807, 2.05) is 4.90 Å². The summed E-state index contributed by atoms with van der Waals surface area (Å²) in [5.74, 6) is -1.87. The lowest BCUT2D eigenvalue weighted by Crippen LogP contribution is -2.39. The van der Waals surface area contributed by atoms with Gasteiger partial charge in [-0.25, -0.2) is 0 Å². The van der Waals surface area contributed by atoms with E-state index in [0.717, 1.165) is 12.8 Å². The lowest BCUT2D eigenvalue weighted by Gasteiger charge is -2.28. The summed E-state index contributed by atoms with van der Waals surface area (Å²) in [5, 5.41) is 9.10. The number of amides is 1. The maximum Gasteiger partial charge on any atom is 0.316 e. The quantitative estimate of drug-likeness (QED) is 0.792. The third kappa shape index (κ3) is 4.72. The molecular weight excluding hydrogens is 266 g/mol. The first-order chi connectivity index (χ1) is 10.2. The minimum absolute atomic E-state index is 0.139. The van der Waals surface area contributed by atoms with Crippen LogP contribution in [0.15, 0.2) is 0 Å². The van der Waals surface area contributed by atoms with Crippen molar-refractivity contribution in [1.82, 2.24) is 4.90 Å². The van der Waals surface area contributed by atoms with Gasteiger partial charge in [-0.2, -0.15) is 0 Å². The Bertz CT molecular complexity index is 344. The molecule has 1 aliphatic carbocycles. The zero-order valence-corrected chi connectivity index (χ0v) is 13.1. The first-order valence-corrected chi connectivity index (χ1v) is 8.73. The standard InChI is InChI=1S/C17H29NO3/c19-16-15(17(20)21)12-13-18(16)14-10-8-6-4-2-1-3-5-7-9-11-14/h14-15H,1-13H2,(H,20,21). The average Bonchev–Trinajstić information content (AvgIpc) is 2.81. The number of aliphatic carboxylic acids is 1. The Morgan fingerprint density at radius 2 is 1.33 bits per heavy atom. The van der Waals surface area contributed by atoms with Gasteiger partial charge in [0, 0.05) is 12.6 Å². The van der Waals surface area contributed by atoms with Gasteiger partial charge in [0.1, 0.15) is 5.92 Å². The van der Waals surface area contributed by atoms with Crippen LogP contribution in [-0.2, 0) is 9.59 Å². The molecule has 21 heavy (non-hydrogen) atoms. The van der Waals surface area contributed by atoms with Crippen LogP contribution in [-0.4, -0.2) is 34.5 Å². The van der Waals surface area contributed by atoms with Gasteiger partial charge in [0.2, 0.25) is 5.91 Å². The van der Waals surface area contributed by atoms with Crippen molar-refractivity contribution >= 4 is 11.9 Å². The molecule has 0 aromatic rings. The second-order valence-electron chi connectivity index (χ2n) is 6.62. The molecule has 0 aromatic carbocycles. The molecule has 1 amide bonds. The summed E-state index contributed by atoms with van der Waals surface area (Å²) >= 11 is 0. The minimum Gasteiger partial charge on any atom is -0.481 e. The van der Waals surface area contributed by atoms with Crippen molar-refractivity contribution < 1.29 is 14.7 Å². The third-order valence-electron chi connectivity index (χ3n) is 5.05. The van der Waals surface area contributed by atoms with Crippen LogP contribution in [0.2, 0.25) is 0 Å². The molecule has 0 aromatic heterocycles. The summed E-state index contributed by atoms with van der Waals surface area (Å²) in [5.41, 5.74) is 0. The highest BCUT2D eigenvalue weighted by atomic mass is 16.4. The average molecular weight is 295 g/mol. The monoisotopic (exact) mass is 295 g/mol. The largest absolute Gasteiger partial charge is 0.481 e.